The highest BCUT2D eigenvalue weighted by Gasteiger charge is 2.42. The number of hydrogen-bond donors (Lipinski definition) is 0. The van der Waals surface area contributed by atoms with E-state index < -0.39 is 35.8 Å². The molecule has 19 heteroatoms. The lowest BCUT2D eigenvalue weighted by atomic mass is 9.91. The van der Waals surface area contributed by atoms with Gasteiger partial charge in [-0.1, -0.05) is 60.7 Å². The monoisotopic (exact) mass is 922 g/mol. The van der Waals surface area contributed by atoms with E-state index in [0.717, 1.165) is 22.1 Å². The fourth-order valence-electron chi connectivity index (χ4n) is 8.54. The maximum Gasteiger partial charge on any atom is 0.435 e. The van der Waals surface area contributed by atoms with Gasteiger partial charge in [0.1, 0.15) is 11.4 Å². The molecule has 2 saturated heterocycles. The summed E-state index contributed by atoms with van der Waals surface area (Å²) in [6.07, 6.45) is -7.31. The van der Waals surface area contributed by atoms with Crippen LogP contribution in [0.15, 0.2) is 83.6 Å². The molecule has 0 N–H and O–H groups in total. The van der Waals surface area contributed by atoms with Crippen molar-refractivity contribution in [3.63, 3.8) is 0 Å². The topological polar surface area (TPSA) is 119 Å². The van der Waals surface area contributed by atoms with Crippen molar-refractivity contribution in [2.24, 2.45) is 0 Å². The van der Waals surface area contributed by atoms with Gasteiger partial charge in [0.2, 0.25) is 11.6 Å². The van der Waals surface area contributed by atoms with Gasteiger partial charge in [0, 0.05) is 45.1 Å². The highest BCUT2D eigenvalue weighted by molar-refractivity contribution is 7.10. The molecule has 2 fully saturated rings. The van der Waals surface area contributed by atoms with Crippen molar-refractivity contribution in [2.75, 3.05) is 26.2 Å². The Balaban J connectivity index is 1.06. The molecule has 6 heterocycles. The molecule has 2 aliphatic heterocycles. The second kappa shape index (κ2) is 18.6. The van der Waals surface area contributed by atoms with E-state index in [1.165, 1.54) is 45.9 Å². The van der Waals surface area contributed by atoms with Gasteiger partial charge in [-0.2, -0.15) is 36.5 Å². The van der Waals surface area contributed by atoms with Crippen LogP contribution in [0.3, 0.4) is 0 Å². The smallest absolute Gasteiger partial charge is 0.296 e. The number of alkyl halides is 6. The summed E-state index contributed by atoms with van der Waals surface area (Å²) in [4.78, 5) is 54.8. The van der Waals surface area contributed by atoms with E-state index in [1.54, 1.807) is 59.3 Å². The number of aromatic nitrogens is 6. The summed E-state index contributed by atoms with van der Waals surface area (Å²) >= 11 is 2.76. The van der Waals surface area contributed by atoms with E-state index in [-0.39, 0.29) is 53.7 Å². The minimum Gasteiger partial charge on any atom is -0.296 e. The van der Waals surface area contributed by atoms with Crippen LogP contribution in [-0.4, -0.2) is 94.9 Å². The number of aryl methyl sites for hydroxylation is 2. The summed E-state index contributed by atoms with van der Waals surface area (Å²) in [6.45, 7) is 3.95. The first-order valence-electron chi connectivity index (χ1n) is 20.9. The number of hydrogen-bond acceptors (Lipinski definition) is 11. The molecule has 0 bridgehead atoms. The second-order valence-electron chi connectivity index (χ2n) is 16.3. The summed E-state index contributed by atoms with van der Waals surface area (Å²) in [7, 11) is 0. The number of carbonyl (C=O) groups excluding carboxylic acids is 3. The Hall–Kier alpha value is -5.37. The molecule has 11 nitrogen and oxygen atoms in total. The Morgan fingerprint density at radius 1 is 0.609 bits per heavy atom. The highest BCUT2D eigenvalue weighted by Crippen LogP contribution is 2.36. The molecule has 64 heavy (non-hydrogen) atoms. The van der Waals surface area contributed by atoms with E-state index >= 15 is 4.79 Å². The molecule has 0 amide bonds. The average molecular weight is 923 g/mol. The van der Waals surface area contributed by atoms with Gasteiger partial charge in [0.05, 0.1) is 35.2 Å². The molecule has 0 radical (unpaired) electrons. The Morgan fingerprint density at radius 2 is 0.969 bits per heavy atom. The molecule has 2 aromatic carbocycles. The van der Waals surface area contributed by atoms with Crippen LogP contribution in [0.4, 0.5) is 26.3 Å². The van der Waals surface area contributed by atoms with Crippen molar-refractivity contribution in [1.29, 1.82) is 0 Å². The van der Waals surface area contributed by atoms with E-state index in [9.17, 15) is 35.9 Å². The lowest BCUT2D eigenvalue weighted by Gasteiger charge is -2.41. The van der Waals surface area contributed by atoms with Gasteiger partial charge in [0.25, 0.3) is 0 Å². The minimum absolute atomic E-state index is 0.0469. The number of ketones is 3. The Kier molecular flexibility index (Phi) is 13.2. The summed E-state index contributed by atoms with van der Waals surface area (Å²) in [5, 5.41) is 12.7. The number of piperidine rings is 2. The van der Waals surface area contributed by atoms with Crippen LogP contribution >= 0.6 is 22.7 Å². The first kappa shape index (κ1) is 45.2. The zero-order chi connectivity index (χ0) is 45.3. The molecule has 2 unspecified atom stereocenters. The first-order valence-corrected chi connectivity index (χ1v) is 22.6. The number of carbonyl (C=O) groups is 3. The van der Waals surface area contributed by atoms with E-state index in [2.05, 4.69) is 20.2 Å². The number of halogens is 6. The summed E-state index contributed by atoms with van der Waals surface area (Å²) in [5.74, 6) is -0.862. The van der Waals surface area contributed by atoms with Crippen molar-refractivity contribution in [1.82, 2.24) is 39.3 Å². The minimum atomic E-state index is -4.73. The van der Waals surface area contributed by atoms with Gasteiger partial charge < -0.3 is 0 Å². The summed E-state index contributed by atoms with van der Waals surface area (Å²) in [5.41, 5.74) is -0.0947. The fraction of sp³-hybridized carbons (Fsp3) is 0.400. The number of thiazole rings is 2. The van der Waals surface area contributed by atoms with E-state index in [4.69, 9.17) is 0 Å². The van der Waals surface area contributed by atoms with Gasteiger partial charge in [-0.3, -0.25) is 33.5 Å². The van der Waals surface area contributed by atoms with Crippen LogP contribution in [-0.2, 0) is 30.2 Å². The third kappa shape index (κ3) is 9.96. The van der Waals surface area contributed by atoms with Crippen molar-refractivity contribution < 1.29 is 40.7 Å². The van der Waals surface area contributed by atoms with Crippen LogP contribution < -0.4 is 0 Å². The van der Waals surface area contributed by atoms with E-state index in [0.29, 0.717) is 74.4 Å². The van der Waals surface area contributed by atoms with Crippen LogP contribution in [0.2, 0.25) is 0 Å². The largest absolute Gasteiger partial charge is 0.435 e. The van der Waals surface area contributed by atoms with Crippen molar-refractivity contribution in [2.45, 2.75) is 88.9 Å². The second-order valence-corrected chi connectivity index (χ2v) is 18.1. The first-order chi connectivity index (χ1) is 30.5. The van der Waals surface area contributed by atoms with Crippen LogP contribution in [0.5, 0.6) is 0 Å². The van der Waals surface area contributed by atoms with Crippen LogP contribution in [0.1, 0.15) is 102 Å². The SMILES string of the molecule is Cc1cc(C(F)(F)F)nn1CC(C(=O)C(Cn1nc(C(F)(F)F)cc1C)N1CCC(c2nc(C(=O)c3ccccc3)cs2)CC1)N1CCC(c2nc(C(=O)c3ccccc3)cs2)CC1. The number of Topliss-reactive ketones (excluding diaryl/α,β-unsaturated/α-hetero) is 1. The normalized spacial score (nSPS) is 17.1. The Labute approximate surface area is 372 Å². The molecule has 336 valence electrons. The lowest BCUT2D eigenvalue weighted by molar-refractivity contribution is -0.142. The van der Waals surface area contributed by atoms with Crippen molar-refractivity contribution in [3.8, 4) is 0 Å². The lowest BCUT2D eigenvalue weighted by Crippen LogP contribution is -2.57. The predicted octanol–water partition coefficient (Wildman–Crippen LogP) is 8.87. The van der Waals surface area contributed by atoms with Gasteiger partial charge in [-0.25, -0.2) is 9.97 Å². The number of rotatable bonds is 14. The van der Waals surface area contributed by atoms with E-state index in [1.807, 2.05) is 21.9 Å². The maximum absolute atomic E-state index is 15.3. The van der Waals surface area contributed by atoms with Crippen molar-refractivity contribution >= 4 is 40.0 Å². The van der Waals surface area contributed by atoms with Crippen molar-refractivity contribution in [3.05, 3.63) is 139 Å². The fourth-order valence-corrected chi connectivity index (χ4v) is 10.5. The van der Waals surface area contributed by atoms with Gasteiger partial charge in [0.15, 0.2) is 17.2 Å². The third-order valence-electron chi connectivity index (χ3n) is 12.1. The molecule has 8 rings (SSSR count). The Morgan fingerprint density at radius 3 is 1.30 bits per heavy atom. The number of nitrogens with zero attached hydrogens (tertiary/aromatic N) is 8. The molecule has 6 aromatic rings. The quantitative estimate of drug-likeness (QED) is 0.0780. The summed E-state index contributed by atoms with van der Waals surface area (Å²) in [6, 6.07) is 17.5. The third-order valence-corrected chi connectivity index (χ3v) is 14.1. The average Bonchev–Trinajstić information content (AvgIpc) is 4.12. The van der Waals surface area contributed by atoms with Crippen LogP contribution in [0.25, 0.3) is 0 Å². The Bertz CT molecular complexity index is 2410. The zero-order valence-corrected chi connectivity index (χ0v) is 36.5. The molecule has 4 aromatic heterocycles. The highest BCUT2D eigenvalue weighted by atomic mass is 32.1. The molecular weight excluding hydrogens is 879 g/mol. The number of benzene rings is 2. The van der Waals surface area contributed by atoms with Gasteiger partial charge in [-0.15, -0.1) is 22.7 Å². The summed E-state index contributed by atoms with van der Waals surface area (Å²) < 4.78 is 85.8. The molecule has 0 spiro atoms. The van der Waals surface area contributed by atoms with Crippen LogP contribution in [0, 0.1) is 13.8 Å². The molecule has 2 aliphatic rings. The van der Waals surface area contributed by atoms with Gasteiger partial charge in [-0.05, 0) is 77.8 Å². The number of likely N-dealkylation sites (tertiary alicyclic amines) is 2. The predicted molar refractivity (Wildman–Crippen MR) is 228 cm³/mol. The van der Waals surface area contributed by atoms with Gasteiger partial charge >= 0.3 is 12.4 Å². The molecule has 2 atom stereocenters. The molecule has 0 aliphatic carbocycles. The standard InChI is InChI=1S/C45H44F6N8O3S2/c1-27-21-37(44(46,47)48)54-58(27)23-35(56-17-13-31(14-18-56)42-52-33(25-63-42)39(60)29-9-5-3-6-10-29)41(62)36(24-59-28(2)22-38(55-59)45(49,50)51)57-19-15-32(16-20-57)43-53-34(26-64-43)40(61)30-11-7-4-8-12-30/h3-12,21-22,25-26,31-32,35-36H,13-20,23-24H2,1-2H3. The molecular formula is C45H44F6N8O3S2. The molecule has 0 saturated carbocycles. The maximum atomic E-state index is 15.3. The zero-order valence-electron chi connectivity index (χ0n) is 34.9.